The van der Waals surface area contributed by atoms with E-state index in [-0.39, 0.29) is 29.2 Å². The van der Waals surface area contributed by atoms with Crippen molar-refractivity contribution in [1.82, 2.24) is 10.6 Å². The molecule has 2 heterocycles. The number of amides is 2. The zero-order valence-corrected chi connectivity index (χ0v) is 21.1. The molecule has 6 nitrogen and oxygen atoms in total. The molecule has 2 amide bonds. The zero-order valence-electron chi connectivity index (χ0n) is 20.3. The summed E-state index contributed by atoms with van der Waals surface area (Å²) >= 11 is 1.50. The molecule has 1 spiro atoms. The van der Waals surface area contributed by atoms with Gasteiger partial charge in [-0.15, -0.1) is 11.3 Å². The Morgan fingerprint density at radius 3 is 2.53 bits per heavy atom. The van der Waals surface area contributed by atoms with E-state index < -0.39 is 0 Å². The van der Waals surface area contributed by atoms with Crippen LogP contribution in [0.25, 0.3) is 6.08 Å². The molecule has 2 N–H and O–H groups in total. The monoisotopic (exact) mass is 502 g/mol. The van der Waals surface area contributed by atoms with E-state index in [0.717, 1.165) is 41.9 Å². The minimum absolute atomic E-state index is 0.204. The standard InChI is InChI=1S/C29H30N2O4S/c1-34-21-13-11-20(12-14-21)27(32)30-24(18-22-8-7-17-36-22)28(33)31-25-19-29(15-5-2-6-16-29)35-26-10-4-3-9-23(25)26/h3-4,7-14,17-18,25H,2,5-6,15-16,19H2,1H3,(H,30,32)(H,31,33)/b24-18-/t25-/m0/s1. The summed E-state index contributed by atoms with van der Waals surface area (Å²) in [7, 11) is 1.58. The Bertz CT molecular complexity index is 1240. The second kappa shape index (κ2) is 10.6. The third-order valence-electron chi connectivity index (χ3n) is 6.94. The van der Waals surface area contributed by atoms with Gasteiger partial charge in [0.1, 0.15) is 22.8 Å². The van der Waals surface area contributed by atoms with Crippen LogP contribution in [0.3, 0.4) is 0 Å². The Hall–Kier alpha value is -3.58. The molecule has 0 saturated heterocycles. The molecule has 0 unspecified atom stereocenters. The molecule has 1 aromatic heterocycles. The SMILES string of the molecule is COc1ccc(C(=O)N/C(=C\c2cccs2)C(=O)N[C@H]2CC3(CCCCC3)Oc3ccccc32)cc1. The number of hydrogen-bond donors (Lipinski definition) is 2. The summed E-state index contributed by atoms with van der Waals surface area (Å²) in [6.07, 6.45) is 7.89. The van der Waals surface area contributed by atoms with Gasteiger partial charge in [0.15, 0.2) is 0 Å². The van der Waals surface area contributed by atoms with E-state index >= 15 is 0 Å². The summed E-state index contributed by atoms with van der Waals surface area (Å²) in [5.74, 6) is 0.820. The lowest BCUT2D eigenvalue weighted by Gasteiger charge is -2.44. The van der Waals surface area contributed by atoms with Gasteiger partial charge in [0.2, 0.25) is 0 Å². The van der Waals surface area contributed by atoms with Crippen molar-refractivity contribution in [3.05, 3.63) is 87.7 Å². The number of benzene rings is 2. The second-order valence-electron chi connectivity index (χ2n) is 9.37. The van der Waals surface area contributed by atoms with E-state index in [9.17, 15) is 9.59 Å². The van der Waals surface area contributed by atoms with E-state index in [1.807, 2.05) is 41.8 Å². The maximum absolute atomic E-state index is 13.6. The van der Waals surface area contributed by atoms with Crippen LogP contribution in [0.1, 0.15) is 65.4 Å². The largest absolute Gasteiger partial charge is 0.497 e. The average molecular weight is 503 g/mol. The first-order valence-electron chi connectivity index (χ1n) is 12.3. The summed E-state index contributed by atoms with van der Waals surface area (Å²) in [5.41, 5.74) is 1.37. The van der Waals surface area contributed by atoms with Crippen LogP contribution in [0.15, 0.2) is 71.7 Å². The van der Waals surface area contributed by atoms with Crippen molar-refractivity contribution >= 4 is 29.2 Å². The molecule has 0 bridgehead atoms. The van der Waals surface area contributed by atoms with Crippen LogP contribution >= 0.6 is 11.3 Å². The Morgan fingerprint density at radius 1 is 1.03 bits per heavy atom. The number of methoxy groups -OCH3 is 1. The molecule has 1 aliphatic heterocycles. The van der Waals surface area contributed by atoms with Crippen molar-refractivity contribution in [2.45, 2.75) is 50.2 Å². The molecule has 1 saturated carbocycles. The zero-order chi connectivity index (χ0) is 25.0. The van der Waals surface area contributed by atoms with E-state index in [1.165, 1.54) is 17.8 Å². The number of carbonyl (C=O) groups is 2. The van der Waals surface area contributed by atoms with Crippen LogP contribution in [0.4, 0.5) is 0 Å². The fourth-order valence-electron chi connectivity index (χ4n) is 5.10. The van der Waals surface area contributed by atoms with Gasteiger partial charge in [-0.25, -0.2) is 0 Å². The number of nitrogens with one attached hydrogen (secondary N) is 2. The van der Waals surface area contributed by atoms with Crippen LogP contribution in [0.5, 0.6) is 11.5 Å². The van der Waals surface area contributed by atoms with Gasteiger partial charge >= 0.3 is 0 Å². The number of fused-ring (bicyclic) bond motifs is 1. The summed E-state index contributed by atoms with van der Waals surface area (Å²) in [4.78, 5) is 27.5. The molecule has 2 aromatic carbocycles. The summed E-state index contributed by atoms with van der Waals surface area (Å²) in [5, 5.41) is 7.99. The number of rotatable bonds is 6. The highest BCUT2D eigenvalue weighted by Gasteiger charge is 2.42. The third-order valence-corrected chi connectivity index (χ3v) is 7.76. The van der Waals surface area contributed by atoms with Gasteiger partial charge in [0.05, 0.1) is 13.2 Å². The lowest BCUT2D eigenvalue weighted by Crippen LogP contribution is -2.47. The number of thiophene rings is 1. The van der Waals surface area contributed by atoms with Gasteiger partial charge < -0.3 is 20.1 Å². The molecular weight excluding hydrogens is 472 g/mol. The smallest absolute Gasteiger partial charge is 0.268 e. The number of carbonyl (C=O) groups excluding carboxylic acids is 2. The molecule has 2 aliphatic rings. The molecule has 0 radical (unpaired) electrons. The van der Waals surface area contributed by atoms with Crippen molar-refractivity contribution in [2.75, 3.05) is 7.11 Å². The van der Waals surface area contributed by atoms with Gasteiger partial charge in [-0.05, 0) is 73.5 Å². The van der Waals surface area contributed by atoms with Crippen molar-refractivity contribution < 1.29 is 19.1 Å². The van der Waals surface area contributed by atoms with E-state index in [2.05, 4.69) is 10.6 Å². The molecule has 186 valence electrons. The van der Waals surface area contributed by atoms with Gasteiger partial charge in [0.25, 0.3) is 11.8 Å². The molecule has 3 aromatic rings. The van der Waals surface area contributed by atoms with Crippen LogP contribution in [0, 0.1) is 0 Å². The lowest BCUT2D eigenvalue weighted by molar-refractivity contribution is -0.119. The summed E-state index contributed by atoms with van der Waals surface area (Å²) in [6, 6.07) is 18.4. The Labute approximate surface area is 215 Å². The van der Waals surface area contributed by atoms with Crippen molar-refractivity contribution in [2.24, 2.45) is 0 Å². The molecule has 1 fully saturated rings. The van der Waals surface area contributed by atoms with E-state index in [1.54, 1.807) is 37.5 Å². The maximum Gasteiger partial charge on any atom is 0.268 e. The molecule has 5 rings (SSSR count). The highest BCUT2D eigenvalue weighted by Crippen LogP contribution is 2.46. The highest BCUT2D eigenvalue weighted by atomic mass is 32.1. The quantitative estimate of drug-likeness (QED) is 0.413. The fraction of sp³-hybridized carbons (Fsp3) is 0.310. The first-order valence-corrected chi connectivity index (χ1v) is 13.2. The van der Waals surface area contributed by atoms with Gasteiger partial charge in [0, 0.05) is 22.4 Å². The Morgan fingerprint density at radius 2 is 1.81 bits per heavy atom. The minimum atomic E-state index is -0.355. The van der Waals surface area contributed by atoms with E-state index in [4.69, 9.17) is 9.47 Å². The van der Waals surface area contributed by atoms with Crippen molar-refractivity contribution in [3.8, 4) is 11.5 Å². The van der Waals surface area contributed by atoms with Crippen LogP contribution in [-0.4, -0.2) is 24.5 Å². The molecule has 1 aliphatic carbocycles. The first kappa shape index (κ1) is 24.1. The predicted octanol–water partition coefficient (Wildman–Crippen LogP) is 5.87. The first-order chi connectivity index (χ1) is 17.5. The Balaban J connectivity index is 1.40. The average Bonchev–Trinajstić information content (AvgIpc) is 3.42. The third kappa shape index (κ3) is 5.31. The maximum atomic E-state index is 13.6. The van der Waals surface area contributed by atoms with Crippen LogP contribution in [0.2, 0.25) is 0 Å². The van der Waals surface area contributed by atoms with Gasteiger partial charge in [-0.3, -0.25) is 9.59 Å². The minimum Gasteiger partial charge on any atom is -0.497 e. The molecule has 1 atom stereocenters. The number of hydrogen-bond acceptors (Lipinski definition) is 5. The molecule has 36 heavy (non-hydrogen) atoms. The van der Waals surface area contributed by atoms with Crippen molar-refractivity contribution in [3.63, 3.8) is 0 Å². The van der Waals surface area contributed by atoms with Crippen molar-refractivity contribution in [1.29, 1.82) is 0 Å². The molecular formula is C29H30N2O4S. The van der Waals surface area contributed by atoms with Crippen LogP contribution in [-0.2, 0) is 4.79 Å². The molecule has 7 heteroatoms. The summed E-state index contributed by atoms with van der Waals surface area (Å²) < 4.78 is 11.7. The van der Waals surface area contributed by atoms with E-state index in [0.29, 0.717) is 17.7 Å². The van der Waals surface area contributed by atoms with Gasteiger partial charge in [-0.2, -0.15) is 0 Å². The van der Waals surface area contributed by atoms with Gasteiger partial charge in [-0.1, -0.05) is 30.7 Å². The lowest BCUT2D eigenvalue weighted by atomic mass is 9.77. The Kier molecular flexibility index (Phi) is 7.09. The highest BCUT2D eigenvalue weighted by molar-refractivity contribution is 7.10. The summed E-state index contributed by atoms with van der Waals surface area (Å²) in [6.45, 7) is 0. The number of para-hydroxylation sites is 1. The predicted molar refractivity (Wildman–Crippen MR) is 141 cm³/mol. The number of ether oxygens (including phenoxy) is 2. The topological polar surface area (TPSA) is 76.7 Å². The second-order valence-corrected chi connectivity index (χ2v) is 10.3. The van der Waals surface area contributed by atoms with Crippen LogP contribution < -0.4 is 20.1 Å². The fourth-order valence-corrected chi connectivity index (χ4v) is 5.75. The normalized spacial score (nSPS) is 18.6.